The number of methoxy groups -OCH3 is 3. The van der Waals surface area contributed by atoms with E-state index in [0.29, 0.717) is 46.8 Å². The zero-order chi connectivity index (χ0) is 18.7. The molecule has 0 amide bonds. The summed E-state index contributed by atoms with van der Waals surface area (Å²) in [6.45, 7) is 2.23. The summed E-state index contributed by atoms with van der Waals surface area (Å²) >= 11 is 5.31. The Morgan fingerprint density at radius 3 is 2.54 bits per heavy atom. The van der Waals surface area contributed by atoms with Gasteiger partial charge in [0.15, 0.2) is 18.2 Å². The number of hydrogen-bond acceptors (Lipinski definition) is 7. The van der Waals surface area contributed by atoms with Crippen LogP contribution >= 0.6 is 12.2 Å². The molecule has 0 bridgehead atoms. The zero-order valence-electron chi connectivity index (χ0n) is 15.2. The van der Waals surface area contributed by atoms with Crippen molar-refractivity contribution in [1.29, 1.82) is 0 Å². The van der Waals surface area contributed by atoms with Gasteiger partial charge in [-0.15, -0.1) is 5.10 Å². The first-order valence-corrected chi connectivity index (χ1v) is 8.86. The van der Waals surface area contributed by atoms with Gasteiger partial charge in [0.1, 0.15) is 12.6 Å². The van der Waals surface area contributed by atoms with Gasteiger partial charge in [0.05, 0.1) is 27.9 Å². The molecule has 2 N–H and O–H groups in total. The minimum Gasteiger partial charge on any atom is -0.493 e. The normalized spacial score (nSPS) is 20.0. The van der Waals surface area contributed by atoms with E-state index < -0.39 is 0 Å². The lowest BCUT2D eigenvalue weighted by molar-refractivity contribution is -0.931. The summed E-state index contributed by atoms with van der Waals surface area (Å²) in [7, 11) is 4.66. The smallest absolute Gasteiger partial charge is 0.292 e. The molecule has 0 aliphatic carbocycles. The molecule has 3 rings (SSSR count). The van der Waals surface area contributed by atoms with Crippen LogP contribution in [-0.2, 0) is 6.67 Å². The van der Waals surface area contributed by atoms with Gasteiger partial charge in [-0.25, -0.2) is 0 Å². The average molecular weight is 382 g/mol. The Morgan fingerprint density at radius 1 is 1.27 bits per heavy atom. The van der Waals surface area contributed by atoms with Crippen molar-refractivity contribution in [3.8, 4) is 28.7 Å². The Labute approximate surface area is 156 Å². The van der Waals surface area contributed by atoms with E-state index in [9.17, 15) is 5.11 Å². The van der Waals surface area contributed by atoms with Crippen molar-refractivity contribution in [3.63, 3.8) is 0 Å². The third-order valence-electron chi connectivity index (χ3n) is 4.48. The van der Waals surface area contributed by atoms with Crippen molar-refractivity contribution in [3.05, 3.63) is 17.0 Å². The molecule has 1 aromatic heterocycles. The second-order valence-corrected chi connectivity index (χ2v) is 6.59. The van der Waals surface area contributed by atoms with Crippen LogP contribution in [0.5, 0.6) is 17.2 Å². The molecule has 1 fully saturated rings. The highest BCUT2D eigenvalue weighted by molar-refractivity contribution is 7.71. The molecule has 142 valence electrons. The predicted molar refractivity (Wildman–Crippen MR) is 96.4 cm³/mol. The largest absolute Gasteiger partial charge is 0.493 e. The number of quaternary nitrogens is 1. The fraction of sp³-hybridized carbons (Fsp3) is 0.529. The van der Waals surface area contributed by atoms with E-state index in [-0.39, 0.29) is 6.10 Å². The number of likely N-dealkylation sites (tertiary alicyclic amines) is 1. The van der Waals surface area contributed by atoms with E-state index in [2.05, 4.69) is 5.10 Å². The molecule has 8 nitrogen and oxygen atoms in total. The molecule has 2 aromatic rings. The topological polar surface area (TPSA) is 83.3 Å². The molecule has 1 aliphatic rings. The predicted octanol–water partition coefficient (Wildman–Crippen LogP) is 0.895. The third-order valence-corrected chi connectivity index (χ3v) is 4.78. The second kappa shape index (κ2) is 8.07. The lowest BCUT2D eigenvalue weighted by Gasteiger charge is -2.26. The quantitative estimate of drug-likeness (QED) is 0.718. The van der Waals surface area contributed by atoms with Crippen molar-refractivity contribution in [2.45, 2.75) is 25.6 Å². The first kappa shape index (κ1) is 18.7. The minimum atomic E-state index is -0.269. The Bertz CT molecular complexity index is 794. The van der Waals surface area contributed by atoms with Crippen molar-refractivity contribution < 1.29 is 28.6 Å². The van der Waals surface area contributed by atoms with Gasteiger partial charge in [0.2, 0.25) is 11.6 Å². The highest BCUT2D eigenvalue weighted by atomic mass is 32.1. The molecular formula is C17H24N3O5S+. The maximum atomic E-state index is 9.84. The number of aromatic nitrogens is 2. The Hall–Kier alpha value is -2.10. The molecule has 1 aliphatic heterocycles. The minimum absolute atomic E-state index is 0.269. The van der Waals surface area contributed by atoms with E-state index in [1.807, 2.05) is 0 Å². The van der Waals surface area contributed by atoms with Crippen LogP contribution in [0.3, 0.4) is 0 Å². The molecule has 1 saturated heterocycles. The van der Waals surface area contributed by atoms with Gasteiger partial charge in [0.25, 0.3) is 4.84 Å². The van der Waals surface area contributed by atoms with Gasteiger partial charge in [-0.1, -0.05) is 0 Å². The van der Waals surface area contributed by atoms with E-state index in [1.165, 1.54) is 4.90 Å². The average Bonchev–Trinajstić information content (AvgIpc) is 3.01. The summed E-state index contributed by atoms with van der Waals surface area (Å²) in [6.07, 6.45) is 1.57. The van der Waals surface area contributed by atoms with Gasteiger partial charge in [-0.3, -0.25) is 0 Å². The highest BCUT2D eigenvalue weighted by Crippen LogP contribution is 2.40. The van der Waals surface area contributed by atoms with Gasteiger partial charge in [-0.05, 0) is 37.2 Å². The van der Waals surface area contributed by atoms with Crippen molar-refractivity contribution in [1.82, 2.24) is 9.78 Å². The van der Waals surface area contributed by atoms with Crippen LogP contribution in [-0.4, -0.2) is 55.4 Å². The number of rotatable bonds is 6. The third kappa shape index (κ3) is 3.84. The summed E-state index contributed by atoms with van der Waals surface area (Å²) in [5.41, 5.74) is 0.679. The first-order chi connectivity index (χ1) is 12.5. The fourth-order valence-electron chi connectivity index (χ4n) is 3.21. The molecule has 26 heavy (non-hydrogen) atoms. The Kier molecular flexibility index (Phi) is 5.80. The number of piperidine rings is 1. The highest BCUT2D eigenvalue weighted by Gasteiger charge is 2.23. The number of ether oxygens (including phenoxy) is 3. The van der Waals surface area contributed by atoms with Crippen LogP contribution in [0.15, 0.2) is 16.5 Å². The SMILES string of the molecule is COc1cc(-c2nn(C[NH+]3CCC[C@H](O)C3)c(=S)o2)cc(OC)c1OC. The van der Waals surface area contributed by atoms with Gasteiger partial charge in [0, 0.05) is 5.56 Å². The second-order valence-electron chi connectivity index (χ2n) is 6.24. The first-order valence-electron chi connectivity index (χ1n) is 8.45. The number of aliphatic hydroxyl groups is 1. The van der Waals surface area contributed by atoms with E-state index >= 15 is 0 Å². The number of benzene rings is 1. The van der Waals surface area contributed by atoms with Crippen LogP contribution in [0.1, 0.15) is 12.8 Å². The van der Waals surface area contributed by atoms with Crippen molar-refractivity contribution in [2.75, 3.05) is 34.4 Å². The summed E-state index contributed by atoms with van der Waals surface area (Å²) in [5.74, 6) is 1.92. The van der Waals surface area contributed by atoms with E-state index in [0.717, 1.165) is 19.4 Å². The molecule has 1 unspecified atom stereocenters. The Balaban J connectivity index is 1.90. The number of hydrogen-bond donors (Lipinski definition) is 2. The van der Waals surface area contributed by atoms with Crippen LogP contribution in [0.25, 0.3) is 11.5 Å². The van der Waals surface area contributed by atoms with Crippen LogP contribution < -0.4 is 19.1 Å². The molecular weight excluding hydrogens is 358 g/mol. The van der Waals surface area contributed by atoms with Gasteiger partial charge in [-0.2, -0.15) is 4.68 Å². The molecule has 9 heteroatoms. The summed E-state index contributed by atoms with van der Waals surface area (Å²) in [4.78, 5) is 1.52. The number of aliphatic hydroxyl groups excluding tert-OH is 1. The standard InChI is InChI=1S/C17H23N3O5S/c1-22-13-7-11(8-14(23-2)15(13)24-3)16-18-20(17(26)25-16)10-19-6-4-5-12(21)9-19/h7-8,12,21H,4-6,9-10H2,1-3H3/p+1/t12-/m0/s1. The van der Waals surface area contributed by atoms with Crippen LogP contribution in [0, 0.1) is 4.84 Å². The lowest BCUT2D eigenvalue weighted by Crippen LogP contribution is -3.13. The van der Waals surface area contributed by atoms with E-state index in [4.69, 9.17) is 30.8 Å². The monoisotopic (exact) mass is 382 g/mol. The Morgan fingerprint density at radius 2 is 1.96 bits per heavy atom. The molecule has 0 saturated carbocycles. The lowest BCUT2D eigenvalue weighted by atomic mass is 10.1. The molecule has 1 aromatic carbocycles. The van der Waals surface area contributed by atoms with Crippen LogP contribution in [0.4, 0.5) is 0 Å². The van der Waals surface area contributed by atoms with E-state index in [1.54, 1.807) is 38.1 Å². The maximum absolute atomic E-state index is 9.84. The van der Waals surface area contributed by atoms with Gasteiger partial charge >= 0.3 is 0 Å². The summed E-state index contributed by atoms with van der Waals surface area (Å²) < 4.78 is 23.4. The zero-order valence-corrected chi connectivity index (χ0v) is 16.0. The fourth-order valence-corrected chi connectivity index (χ4v) is 3.39. The molecule has 0 radical (unpaired) electrons. The summed E-state index contributed by atoms with van der Waals surface area (Å²) in [6, 6.07) is 3.54. The maximum Gasteiger partial charge on any atom is 0.292 e. The molecule has 0 spiro atoms. The van der Waals surface area contributed by atoms with Crippen molar-refractivity contribution >= 4 is 12.2 Å². The molecule has 2 atom stereocenters. The van der Waals surface area contributed by atoms with Gasteiger partial charge < -0.3 is 28.6 Å². The van der Waals surface area contributed by atoms with Crippen LogP contribution in [0.2, 0.25) is 0 Å². The molecule has 2 heterocycles. The number of nitrogens with zero attached hydrogens (tertiary/aromatic N) is 2. The summed E-state index contributed by atoms with van der Waals surface area (Å²) in [5, 5.41) is 14.3. The number of nitrogens with one attached hydrogen (secondary N) is 1. The van der Waals surface area contributed by atoms with Crippen molar-refractivity contribution in [2.24, 2.45) is 0 Å².